The highest BCUT2D eigenvalue weighted by Gasteiger charge is 2.16. The van der Waals surface area contributed by atoms with Crippen LogP contribution in [0.1, 0.15) is 16.1 Å². The second-order valence-corrected chi connectivity index (χ2v) is 7.22. The van der Waals surface area contributed by atoms with Crippen LogP contribution in [-0.4, -0.2) is 43.5 Å². The van der Waals surface area contributed by atoms with Crippen LogP contribution in [0.2, 0.25) is 0 Å². The van der Waals surface area contributed by atoms with Crippen molar-refractivity contribution in [3.05, 3.63) is 78.0 Å². The second kappa shape index (κ2) is 8.71. The van der Waals surface area contributed by atoms with Gasteiger partial charge in [-0.05, 0) is 40.6 Å². The lowest BCUT2D eigenvalue weighted by Crippen LogP contribution is -2.18. The monoisotopic (exact) mass is 413 g/mol. The fourth-order valence-electron chi connectivity index (χ4n) is 3.34. The predicted octanol–water partition coefficient (Wildman–Crippen LogP) is 4.07. The van der Waals surface area contributed by atoms with Crippen LogP contribution in [-0.2, 0) is 0 Å². The lowest BCUT2D eigenvalue weighted by molar-refractivity contribution is 0.0950. The first-order chi connectivity index (χ1) is 15.1. The van der Waals surface area contributed by atoms with Crippen molar-refractivity contribution in [1.82, 2.24) is 15.6 Å². The Morgan fingerprint density at radius 3 is 2.61 bits per heavy atom. The molecule has 0 unspecified atom stereocenters. The number of rotatable bonds is 6. The van der Waals surface area contributed by atoms with Gasteiger partial charge in [0.25, 0.3) is 5.91 Å². The van der Waals surface area contributed by atoms with E-state index in [0.29, 0.717) is 17.1 Å². The van der Waals surface area contributed by atoms with Crippen LogP contribution >= 0.6 is 0 Å². The van der Waals surface area contributed by atoms with E-state index in [9.17, 15) is 4.79 Å². The summed E-state index contributed by atoms with van der Waals surface area (Å²) in [5.41, 5.74) is 6.28. The molecule has 0 radical (unpaired) electrons. The topological polar surface area (TPSA) is 82.6 Å². The molecule has 1 heterocycles. The summed E-state index contributed by atoms with van der Waals surface area (Å²) in [6.45, 7) is 0. The third-order valence-electron chi connectivity index (χ3n) is 4.98. The summed E-state index contributed by atoms with van der Waals surface area (Å²) in [5.74, 6) is 0.315. The number of carbonyl (C=O) groups excluding carboxylic acids is 1. The lowest BCUT2D eigenvalue weighted by atomic mass is 10.0. The zero-order valence-electron chi connectivity index (χ0n) is 17.6. The summed E-state index contributed by atoms with van der Waals surface area (Å²) in [6, 6.07) is 21.4. The largest absolute Gasteiger partial charge is 0.496 e. The van der Waals surface area contributed by atoms with E-state index >= 15 is 0 Å². The fourth-order valence-corrected chi connectivity index (χ4v) is 3.34. The number of amides is 1. The average molecular weight is 413 g/mol. The first-order valence-corrected chi connectivity index (χ1v) is 9.79. The number of aromatic amines is 1. The summed E-state index contributed by atoms with van der Waals surface area (Å²) in [5, 5.41) is 13.2. The van der Waals surface area contributed by atoms with Gasteiger partial charge in [0.2, 0.25) is 0 Å². The Hall–Kier alpha value is -4.13. The number of fused-ring (bicyclic) bond motifs is 1. The van der Waals surface area contributed by atoms with E-state index in [2.05, 4.69) is 20.7 Å². The van der Waals surface area contributed by atoms with E-state index in [4.69, 9.17) is 4.74 Å². The quantitative estimate of drug-likeness (QED) is 0.369. The zero-order chi connectivity index (χ0) is 21.8. The number of carbonyl (C=O) groups is 1. The molecule has 31 heavy (non-hydrogen) atoms. The molecule has 0 aliphatic heterocycles. The minimum Gasteiger partial charge on any atom is -0.496 e. The molecule has 0 spiro atoms. The number of hydrogen-bond donors (Lipinski definition) is 2. The summed E-state index contributed by atoms with van der Waals surface area (Å²) >= 11 is 0. The highest BCUT2D eigenvalue weighted by Crippen LogP contribution is 2.36. The van der Waals surface area contributed by atoms with Gasteiger partial charge in [-0.15, -0.1) is 0 Å². The molecular weight excluding hydrogens is 390 g/mol. The summed E-state index contributed by atoms with van der Waals surface area (Å²) in [6.07, 6.45) is 1.60. The average Bonchev–Trinajstić information content (AvgIpc) is 3.28. The SMILES string of the molecule is COc1ccc2ccccc2c1-c1cc(C(=O)N/N=C/c2ccc(N(C)C)cc2)[nH]n1. The normalized spacial score (nSPS) is 11.1. The first kappa shape index (κ1) is 20.2. The van der Waals surface area contributed by atoms with Gasteiger partial charge in [0.15, 0.2) is 0 Å². The predicted molar refractivity (Wildman–Crippen MR) is 124 cm³/mol. The van der Waals surface area contributed by atoms with Crippen molar-refractivity contribution in [3.8, 4) is 17.0 Å². The van der Waals surface area contributed by atoms with Gasteiger partial charge in [0.05, 0.1) is 24.6 Å². The molecule has 0 saturated heterocycles. The van der Waals surface area contributed by atoms with Crippen LogP contribution in [0, 0.1) is 0 Å². The maximum Gasteiger partial charge on any atom is 0.289 e. The van der Waals surface area contributed by atoms with Crippen LogP contribution in [0.15, 0.2) is 71.8 Å². The third-order valence-corrected chi connectivity index (χ3v) is 4.98. The van der Waals surface area contributed by atoms with Gasteiger partial charge in [-0.2, -0.15) is 10.2 Å². The number of anilines is 1. The molecule has 4 rings (SSSR count). The molecule has 4 aromatic rings. The van der Waals surface area contributed by atoms with Crippen molar-refractivity contribution in [1.29, 1.82) is 0 Å². The van der Waals surface area contributed by atoms with Gasteiger partial charge in [-0.1, -0.05) is 42.5 Å². The molecule has 0 fully saturated rings. The number of nitrogens with one attached hydrogen (secondary N) is 2. The van der Waals surface area contributed by atoms with Gasteiger partial charge in [0, 0.05) is 19.8 Å². The Morgan fingerprint density at radius 1 is 1.10 bits per heavy atom. The van der Waals surface area contributed by atoms with E-state index in [1.165, 1.54) is 0 Å². The Balaban J connectivity index is 1.53. The number of H-pyrrole nitrogens is 1. The minimum atomic E-state index is -0.376. The van der Waals surface area contributed by atoms with Crippen LogP contribution in [0.4, 0.5) is 5.69 Å². The van der Waals surface area contributed by atoms with E-state index < -0.39 is 0 Å². The zero-order valence-corrected chi connectivity index (χ0v) is 17.6. The summed E-state index contributed by atoms with van der Waals surface area (Å²) in [4.78, 5) is 14.5. The minimum absolute atomic E-state index is 0.310. The maximum atomic E-state index is 12.5. The van der Waals surface area contributed by atoms with E-state index in [-0.39, 0.29) is 5.91 Å². The highest BCUT2D eigenvalue weighted by atomic mass is 16.5. The molecule has 156 valence electrons. The standard InChI is InChI=1S/C24H23N5O2/c1-29(2)18-11-8-16(9-12-18)15-25-28-24(30)21-14-20(26-27-21)23-19-7-5-4-6-17(19)10-13-22(23)31-3/h4-15H,1-3H3,(H,26,27)(H,28,30)/b25-15+. The molecule has 0 aliphatic rings. The summed E-state index contributed by atoms with van der Waals surface area (Å²) in [7, 11) is 5.58. The molecule has 1 amide bonds. The molecule has 3 aromatic carbocycles. The molecule has 0 aliphatic carbocycles. The summed E-state index contributed by atoms with van der Waals surface area (Å²) < 4.78 is 5.53. The van der Waals surface area contributed by atoms with Crippen molar-refractivity contribution in [2.75, 3.05) is 26.1 Å². The number of aromatic nitrogens is 2. The van der Waals surface area contributed by atoms with Gasteiger partial charge in [-0.25, -0.2) is 5.43 Å². The molecule has 0 atom stereocenters. The lowest BCUT2D eigenvalue weighted by Gasteiger charge is -2.11. The smallest absolute Gasteiger partial charge is 0.289 e. The second-order valence-electron chi connectivity index (χ2n) is 7.22. The van der Waals surface area contributed by atoms with Crippen molar-refractivity contribution in [3.63, 3.8) is 0 Å². The maximum absolute atomic E-state index is 12.5. The molecule has 7 nitrogen and oxygen atoms in total. The Kier molecular flexibility index (Phi) is 5.66. The molecule has 7 heteroatoms. The third kappa shape index (κ3) is 4.25. The molecule has 0 saturated carbocycles. The Morgan fingerprint density at radius 2 is 1.87 bits per heavy atom. The van der Waals surface area contributed by atoms with E-state index in [1.807, 2.05) is 79.7 Å². The number of hydrogen-bond acceptors (Lipinski definition) is 5. The number of ether oxygens (including phenoxy) is 1. The van der Waals surface area contributed by atoms with E-state index in [1.54, 1.807) is 19.4 Å². The van der Waals surface area contributed by atoms with E-state index in [0.717, 1.165) is 27.6 Å². The van der Waals surface area contributed by atoms with Crippen LogP contribution < -0.4 is 15.1 Å². The highest BCUT2D eigenvalue weighted by molar-refractivity contribution is 6.00. The van der Waals surface area contributed by atoms with Crippen LogP contribution in [0.3, 0.4) is 0 Å². The number of methoxy groups -OCH3 is 1. The molecule has 1 aromatic heterocycles. The number of benzene rings is 3. The van der Waals surface area contributed by atoms with Gasteiger partial charge in [0.1, 0.15) is 11.4 Å². The van der Waals surface area contributed by atoms with Gasteiger partial charge in [-0.3, -0.25) is 9.89 Å². The molecule has 2 N–H and O–H groups in total. The molecular formula is C24H23N5O2. The fraction of sp³-hybridized carbons (Fsp3) is 0.125. The Bertz CT molecular complexity index is 1240. The van der Waals surface area contributed by atoms with Crippen LogP contribution in [0.25, 0.3) is 22.0 Å². The van der Waals surface area contributed by atoms with Crippen LogP contribution in [0.5, 0.6) is 5.75 Å². The Labute approximate surface area is 180 Å². The van der Waals surface area contributed by atoms with Crippen molar-refractivity contribution < 1.29 is 9.53 Å². The van der Waals surface area contributed by atoms with Crippen molar-refractivity contribution in [2.45, 2.75) is 0 Å². The number of nitrogens with zero attached hydrogens (tertiary/aromatic N) is 3. The number of hydrazone groups is 1. The van der Waals surface area contributed by atoms with Gasteiger partial charge < -0.3 is 9.64 Å². The van der Waals surface area contributed by atoms with Crippen molar-refractivity contribution >= 4 is 28.6 Å². The van der Waals surface area contributed by atoms with Crippen molar-refractivity contribution in [2.24, 2.45) is 5.10 Å². The van der Waals surface area contributed by atoms with Gasteiger partial charge >= 0.3 is 0 Å². The first-order valence-electron chi connectivity index (χ1n) is 9.79. The molecule has 0 bridgehead atoms.